The Morgan fingerprint density at radius 2 is 1.40 bits per heavy atom. The number of halogens is 4. The highest BCUT2D eigenvalue weighted by Gasteiger charge is 2.53. The first-order chi connectivity index (χ1) is 22.7. The van der Waals surface area contributed by atoms with Crippen LogP contribution in [0.25, 0.3) is 0 Å². The minimum Gasteiger partial charge on any atom is -0.456 e. The second kappa shape index (κ2) is 11.7. The van der Waals surface area contributed by atoms with Crippen molar-refractivity contribution in [3.05, 3.63) is 148 Å². The van der Waals surface area contributed by atoms with Crippen LogP contribution in [0.3, 0.4) is 0 Å². The second-order valence-electron chi connectivity index (χ2n) is 11.5. The molecule has 1 spiro atoms. The summed E-state index contributed by atoms with van der Waals surface area (Å²) in [6, 6.07) is 32.9. The number of hydrogen-bond donors (Lipinski definition) is 0. The number of carbonyl (C=O) groups is 1. The minimum absolute atomic E-state index is 0.00778. The minimum atomic E-state index is -4.65. The maximum absolute atomic E-state index is 14.4. The van der Waals surface area contributed by atoms with Crippen molar-refractivity contribution in [2.45, 2.75) is 32.2 Å². The van der Waals surface area contributed by atoms with Crippen LogP contribution in [-0.4, -0.2) is 19.1 Å². The Labute approximate surface area is 275 Å². The van der Waals surface area contributed by atoms with Gasteiger partial charge in [-0.3, -0.25) is 0 Å². The Morgan fingerprint density at radius 3 is 2.13 bits per heavy atom. The van der Waals surface area contributed by atoms with Gasteiger partial charge in [-0.1, -0.05) is 78.3 Å². The normalized spacial score (nSPS) is 16.2. The van der Waals surface area contributed by atoms with E-state index in [2.05, 4.69) is 0 Å². The Bertz CT molecular complexity index is 1990. The maximum atomic E-state index is 14.4. The summed E-state index contributed by atoms with van der Waals surface area (Å²) in [5.74, 6) is 0.621. The highest BCUT2D eigenvalue weighted by molar-refractivity contribution is 6.32. The summed E-state index contributed by atoms with van der Waals surface area (Å²) in [6.45, 7) is 4.67. The van der Waals surface area contributed by atoms with Crippen molar-refractivity contribution < 1.29 is 27.4 Å². The molecule has 0 saturated carbocycles. The molecule has 2 aliphatic heterocycles. The molecule has 0 fully saturated rings. The molecule has 0 amide bonds. The number of ether oxygens (including phenoxy) is 2. The van der Waals surface area contributed by atoms with Crippen molar-refractivity contribution in [3.8, 4) is 11.5 Å². The maximum Gasteiger partial charge on any atom is 0.419 e. The number of hydrogen-bond acceptors (Lipinski definition) is 5. The van der Waals surface area contributed by atoms with Gasteiger partial charge in [-0.05, 0) is 61.9 Å². The molecule has 0 bridgehead atoms. The van der Waals surface area contributed by atoms with Gasteiger partial charge in [0.25, 0.3) is 0 Å². The Hall–Kier alpha value is -4.95. The third kappa shape index (κ3) is 5.08. The zero-order valence-corrected chi connectivity index (χ0v) is 26.4. The van der Waals surface area contributed by atoms with Crippen LogP contribution >= 0.6 is 11.6 Å². The summed E-state index contributed by atoms with van der Waals surface area (Å²) in [4.78, 5) is 16.9. The van der Waals surface area contributed by atoms with Gasteiger partial charge in [-0.15, -0.1) is 0 Å². The van der Waals surface area contributed by atoms with Crippen molar-refractivity contribution in [1.29, 1.82) is 0 Å². The van der Waals surface area contributed by atoms with Crippen molar-refractivity contribution in [2.75, 3.05) is 22.9 Å². The van der Waals surface area contributed by atoms with E-state index >= 15 is 0 Å². The summed E-state index contributed by atoms with van der Waals surface area (Å²) in [7, 11) is 0. The smallest absolute Gasteiger partial charge is 0.419 e. The number of anilines is 3. The highest BCUT2D eigenvalue weighted by Crippen LogP contribution is 2.57. The summed E-state index contributed by atoms with van der Waals surface area (Å²) < 4.78 is 55.9. The molecule has 5 aromatic rings. The summed E-state index contributed by atoms with van der Waals surface area (Å²) >= 11 is 6.50. The van der Waals surface area contributed by atoms with E-state index in [4.69, 9.17) is 21.1 Å². The molecule has 0 N–H and O–H groups in total. The molecular formula is C38H30ClF3N2O3. The lowest BCUT2D eigenvalue weighted by Gasteiger charge is -2.37. The van der Waals surface area contributed by atoms with Gasteiger partial charge >= 0.3 is 12.1 Å². The molecular weight excluding hydrogens is 625 g/mol. The van der Waals surface area contributed by atoms with Crippen molar-refractivity contribution >= 4 is 34.6 Å². The molecule has 9 heteroatoms. The lowest BCUT2D eigenvalue weighted by molar-refractivity contribution is -0.137. The van der Waals surface area contributed by atoms with Crippen LogP contribution in [0.4, 0.5) is 30.2 Å². The second-order valence-corrected chi connectivity index (χ2v) is 11.9. The monoisotopic (exact) mass is 654 g/mol. The van der Waals surface area contributed by atoms with Crippen LogP contribution in [0.2, 0.25) is 5.02 Å². The highest BCUT2D eigenvalue weighted by atomic mass is 35.5. The molecule has 47 heavy (non-hydrogen) atoms. The fraction of sp³-hybridized carbons (Fsp3) is 0.184. The van der Waals surface area contributed by atoms with E-state index < -0.39 is 23.3 Å². The molecule has 0 radical (unpaired) electrons. The van der Waals surface area contributed by atoms with Crippen molar-refractivity contribution in [2.24, 2.45) is 0 Å². The number of para-hydroxylation sites is 1. The topological polar surface area (TPSA) is 42.0 Å². The first kappa shape index (κ1) is 30.7. The number of rotatable bonds is 7. The first-order valence-corrected chi connectivity index (χ1v) is 15.7. The van der Waals surface area contributed by atoms with Crippen LogP contribution in [0.1, 0.15) is 52.0 Å². The van der Waals surface area contributed by atoms with E-state index in [0.29, 0.717) is 64.8 Å². The van der Waals surface area contributed by atoms with Gasteiger partial charge in [0.05, 0.1) is 21.8 Å². The zero-order valence-electron chi connectivity index (χ0n) is 25.6. The van der Waals surface area contributed by atoms with E-state index in [1.807, 2.05) is 104 Å². The number of benzene rings is 5. The predicted molar refractivity (Wildman–Crippen MR) is 177 cm³/mol. The van der Waals surface area contributed by atoms with Crippen LogP contribution < -0.4 is 14.5 Å². The SMILES string of the molecule is CCN(CC)c1cc(N(Cc2ccccc2)c2ccc3c(c2)C2(OC(=O)c4ccccc42)c2ccccc2O3)cc(Cl)c1C(F)(F)F. The van der Waals surface area contributed by atoms with E-state index in [1.54, 1.807) is 23.1 Å². The molecule has 7 rings (SSSR count). The molecule has 5 aromatic carbocycles. The molecule has 0 aromatic heterocycles. The van der Waals surface area contributed by atoms with E-state index in [9.17, 15) is 18.0 Å². The molecule has 5 nitrogen and oxygen atoms in total. The van der Waals surface area contributed by atoms with E-state index in [1.165, 1.54) is 6.07 Å². The van der Waals surface area contributed by atoms with Gasteiger partial charge in [0, 0.05) is 47.7 Å². The lowest BCUT2D eigenvalue weighted by Crippen LogP contribution is -2.33. The number of carbonyl (C=O) groups excluding carboxylic acids is 1. The van der Waals surface area contributed by atoms with E-state index in [-0.39, 0.29) is 10.7 Å². The number of esters is 1. The van der Waals surface area contributed by atoms with Crippen LogP contribution in [0, 0.1) is 0 Å². The molecule has 0 saturated heterocycles. The van der Waals surface area contributed by atoms with Gasteiger partial charge in [0.1, 0.15) is 11.5 Å². The largest absolute Gasteiger partial charge is 0.456 e. The molecule has 1 unspecified atom stereocenters. The molecule has 1 atom stereocenters. The van der Waals surface area contributed by atoms with Crippen LogP contribution in [0.5, 0.6) is 11.5 Å². The molecule has 0 aliphatic carbocycles. The quantitative estimate of drug-likeness (QED) is 0.163. The fourth-order valence-electron chi connectivity index (χ4n) is 6.70. The van der Waals surface area contributed by atoms with Gasteiger partial charge in [-0.25, -0.2) is 4.79 Å². The van der Waals surface area contributed by atoms with Gasteiger partial charge in [-0.2, -0.15) is 13.2 Å². The average molecular weight is 655 g/mol. The van der Waals surface area contributed by atoms with Crippen molar-refractivity contribution in [3.63, 3.8) is 0 Å². The van der Waals surface area contributed by atoms with Crippen LogP contribution in [0.15, 0.2) is 109 Å². The van der Waals surface area contributed by atoms with Crippen LogP contribution in [-0.2, 0) is 23.1 Å². The van der Waals surface area contributed by atoms with Crippen molar-refractivity contribution in [1.82, 2.24) is 0 Å². The van der Waals surface area contributed by atoms with Gasteiger partial charge in [0.15, 0.2) is 5.60 Å². The summed E-state index contributed by atoms with van der Waals surface area (Å²) in [5.41, 5.74) is 2.33. The average Bonchev–Trinajstić information content (AvgIpc) is 3.36. The first-order valence-electron chi connectivity index (χ1n) is 15.4. The predicted octanol–water partition coefficient (Wildman–Crippen LogP) is 10.1. The Kier molecular flexibility index (Phi) is 7.63. The zero-order chi connectivity index (χ0) is 32.9. The third-order valence-electron chi connectivity index (χ3n) is 8.85. The molecule has 2 aliphatic rings. The standard InChI is InChI=1S/C38H30ClF3N2O3/c1-3-43(4-2)32-22-26(21-31(39)35(32)38(40,41)42)44(23-24-12-6-5-7-13-24)25-18-19-34-30(20-25)37(29-16-10-11-17-33(29)46-34)28-15-9-8-14-27(28)36(45)47-37/h5-22H,3-4,23H2,1-2H3. The third-order valence-corrected chi connectivity index (χ3v) is 9.15. The fourth-order valence-corrected chi connectivity index (χ4v) is 7.02. The lowest BCUT2D eigenvalue weighted by atomic mass is 9.77. The number of fused-ring (bicyclic) bond motifs is 6. The Morgan fingerprint density at radius 1 is 0.745 bits per heavy atom. The molecule has 2 heterocycles. The summed E-state index contributed by atoms with van der Waals surface area (Å²) in [5, 5.41) is -0.389. The summed E-state index contributed by atoms with van der Waals surface area (Å²) in [6.07, 6.45) is -4.65. The number of alkyl halides is 3. The van der Waals surface area contributed by atoms with Gasteiger partial charge in [0.2, 0.25) is 0 Å². The molecule has 238 valence electrons. The Balaban J connectivity index is 1.46. The van der Waals surface area contributed by atoms with E-state index in [0.717, 1.165) is 5.56 Å². The number of nitrogens with zero attached hydrogens (tertiary/aromatic N) is 2. The van der Waals surface area contributed by atoms with Gasteiger partial charge < -0.3 is 19.3 Å².